The van der Waals surface area contributed by atoms with Gasteiger partial charge in [-0.1, -0.05) is 12.1 Å². The van der Waals surface area contributed by atoms with Crippen LogP contribution in [0.5, 0.6) is 0 Å². The average molecular weight is 260 g/mol. The first-order chi connectivity index (χ1) is 9.16. The topological polar surface area (TPSA) is 71.3 Å². The molecule has 2 aromatic rings. The van der Waals surface area contributed by atoms with Gasteiger partial charge in [0.15, 0.2) is 0 Å². The van der Waals surface area contributed by atoms with E-state index in [9.17, 15) is 9.59 Å². The van der Waals surface area contributed by atoms with Gasteiger partial charge >= 0.3 is 5.63 Å². The molecule has 2 rings (SSSR count). The second kappa shape index (κ2) is 6.04. The van der Waals surface area contributed by atoms with Crippen LogP contribution in [0.2, 0.25) is 0 Å². The molecule has 0 aliphatic rings. The molecule has 5 nitrogen and oxygen atoms in total. The normalized spacial score (nSPS) is 10.4. The SMILES string of the molecule is CC(=O)NCCCNc1cc(=O)oc2ccccc12. The Bertz CT molecular complexity index is 634. The van der Waals surface area contributed by atoms with Gasteiger partial charge in [0.05, 0.1) is 5.69 Å². The summed E-state index contributed by atoms with van der Waals surface area (Å²) < 4.78 is 5.11. The lowest BCUT2D eigenvalue weighted by atomic mass is 10.2. The lowest BCUT2D eigenvalue weighted by Gasteiger charge is -2.08. The van der Waals surface area contributed by atoms with Gasteiger partial charge < -0.3 is 15.1 Å². The number of amides is 1. The van der Waals surface area contributed by atoms with Gasteiger partial charge in [0.2, 0.25) is 5.91 Å². The maximum Gasteiger partial charge on any atom is 0.338 e. The minimum atomic E-state index is -0.372. The molecule has 0 atom stereocenters. The van der Waals surface area contributed by atoms with Crippen LogP contribution >= 0.6 is 0 Å². The van der Waals surface area contributed by atoms with Crippen LogP contribution in [0.25, 0.3) is 11.0 Å². The van der Waals surface area contributed by atoms with E-state index >= 15 is 0 Å². The quantitative estimate of drug-likeness (QED) is 0.634. The van der Waals surface area contributed by atoms with Crippen LogP contribution in [-0.2, 0) is 4.79 Å². The molecular weight excluding hydrogens is 244 g/mol. The maximum absolute atomic E-state index is 11.4. The van der Waals surface area contributed by atoms with Crippen molar-refractivity contribution in [1.82, 2.24) is 5.32 Å². The average Bonchev–Trinajstić information content (AvgIpc) is 2.37. The lowest BCUT2D eigenvalue weighted by Crippen LogP contribution is -2.22. The van der Waals surface area contributed by atoms with E-state index in [0.29, 0.717) is 18.7 Å². The summed E-state index contributed by atoms with van der Waals surface area (Å²) >= 11 is 0. The fourth-order valence-electron chi connectivity index (χ4n) is 1.83. The molecule has 0 spiro atoms. The number of benzene rings is 1. The predicted molar refractivity (Wildman–Crippen MR) is 74.3 cm³/mol. The fourth-order valence-corrected chi connectivity index (χ4v) is 1.83. The number of rotatable bonds is 5. The van der Waals surface area contributed by atoms with E-state index in [2.05, 4.69) is 10.6 Å². The molecule has 0 fully saturated rings. The summed E-state index contributed by atoms with van der Waals surface area (Å²) in [6, 6.07) is 8.82. The Morgan fingerprint density at radius 2 is 2.05 bits per heavy atom. The predicted octanol–water partition coefficient (Wildman–Crippen LogP) is 1.73. The molecule has 5 heteroatoms. The van der Waals surface area contributed by atoms with Gasteiger partial charge in [-0.05, 0) is 18.6 Å². The highest BCUT2D eigenvalue weighted by molar-refractivity contribution is 5.89. The summed E-state index contributed by atoms with van der Waals surface area (Å²) in [4.78, 5) is 22.1. The van der Waals surface area contributed by atoms with Gasteiger partial charge in [0.25, 0.3) is 0 Å². The van der Waals surface area contributed by atoms with Crippen LogP contribution in [-0.4, -0.2) is 19.0 Å². The first-order valence-corrected chi connectivity index (χ1v) is 6.18. The van der Waals surface area contributed by atoms with Gasteiger partial charge in [-0.2, -0.15) is 0 Å². The van der Waals surface area contributed by atoms with E-state index in [4.69, 9.17) is 4.42 Å². The van der Waals surface area contributed by atoms with Crippen molar-refractivity contribution >= 4 is 22.6 Å². The molecule has 0 radical (unpaired) electrons. The molecule has 100 valence electrons. The van der Waals surface area contributed by atoms with Crippen LogP contribution in [0.15, 0.2) is 39.5 Å². The highest BCUT2D eigenvalue weighted by Crippen LogP contribution is 2.20. The van der Waals surface area contributed by atoms with E-state index in [0.717, 1.165) is 17.5 Å². The van der Waals surface area contributed by atoms with Crippen molar-refractivity contribution in [2.24, 2.45) is 0 Å². The maximum atomic E-state index is 11.4. The third-order valence-corrected chi connectivity index (χ3v) is 2.69. The number of carbonyl (C=O) groups excluding carboxylic acids is 1. The molecule has 19 heavy (non-hydrogen) atoms. The Labute approximate surface area is 110 Å². The van der Waals surface area contributed by atoms with E-state index < -0.39 is 0 Å². The second-order valence-corrected chi connectivity index (χ2v) is 4.24. The summed E-state index contributed by atoms with van der Waals surface area (Å²) in [5.74, 6) is -0.0363. The van der Waals surface area contributed by atoms with Crippen LogP contribution in [0.1, 0.15) is 13.3 Å². The molecular formula is C14H16N2O3. The van der Waals surface area contributed by atoms with Crippen molar-refractivity contribution in [2.45, 2.75) is 13.3 Å². The number of anilines is 1. The molecule has 0 bridgehead atoms. The number of fused-ring (bicyclic) bond motifs is 1. The van der Waals surface area contributed by atoms with Crippen molar-refractivity contribution in [3.8, 4) is 0 Å². The van der Waals surface area contributed by atoms with Gasteiger partial charge in [-0.15, -0.1) is 0 Å². The molecule has 0 saturated heterocycles. The second-order valence-electron chi connectivity index (χ2n) is 4.24. The molecule has 0 unspecified atom stereocenters. The fraction of sp³-hybridized carbons (Fsp3) is 0.286. The van der Waals surface area contributed by atoms with Crippen LogP contribution < -0.4 is 16.3 Å². The molecule has 0 aliphatic carbocycles. The van der Waals surface area contributed by atoms with Crippen molar-refractivity contribution in [3.63, 3.8) is 0 Å². The van der Waals surface area contributed by atoms with E-state index in [1.807, 2.05) is 18.2 Å². The summed E-state index contributed by atoms with van der Waals surface area (Å²) in [5.41, 5.74) is 0.956. The highest BCUT2D eigenvalue weighted by atomic mass is 16.4. The molecule has 2 N–H and O–H groups in total. The van der Waals surface area contributed by atoms with Crippen LogP contribution in [0, 0.1) is 0 Å². The van der Waals surface area contributed by atoms with Crippen molar-refractivity contribution in [2.75, 3.05) is 18.4 Å². The largest absolute Gasteiger partial charge is 0.423 e. The Kier molecular flexibility index (Phi) is 4.18. The van der Waals surface area contributed by atoms with Crippen molar-refractivity contribution < 1.29 is 9.21 Å². The van der Waals surface area contributed by atoms with Crippen molar-refractivity contribution in [3.05, 3.63) is 40.8 Å². The third-order valence-electron chi connectivity index (χ3n) is 2.69. The Morgan fingerprint density at radius 1 is 1.26 bits per heavy atom. The number of para-hydroxylation sites is 1. The van der Waals surface area contributed by atoms with E-state index in [-0.39, 0.29) is 11.5 Å². The highest BCUT2D eigenvalue weighted by Gasteiger charge is 2.03. The number of nitrogens with one attached hydrogen (secondary N) is 2. The molecule has 1 aromatic heterocycles. The standard InChI is InChI=1S/C14H16N2O3/c1-10(17)15-7-4-8-16-12-9-14(18)19-13-6-3-2-5-11(12)13/h2-3,5-6,9,16H,4,7-8H2,1H3,(H,15,17). The zero-order chi connectivity index (χ0) is 13.7. The number of hydrogen-bond acceptors (Lipinski definition) is 4. The third kappa shape index (κ3) is 3.58. The summed E-state index contributed by atoms with van der Waals surface area (Å²) in [7, 11) is 0. The van der Waals surface area contributed by atoms with Gasteiger partial charge in [-0.3, -0.25) is 4.79 Å². The lowest BCUT2D eigenvalue weighted by molar-refractivity contribution is -0.118. The van der Waals surface area contributed by atoms with Gasteiger partial charge in [-0.25, -0.2) is 4.79 Å². The zero-order valence-electron chi connectivity index (χ0n) is 10.7. The Hall–Kier alpha value is -2.30. The Morgan fingerprint density at radius 3 is 2.84 bits per heavy atom. The smallest absolute Gasteiger partial charge is 0.338 e. The Balaban J connectivity index is 2.04. The summed E-state index contributed by atoms with van der Waals surface area (Å²) in [6.45, 7) is 2.78. The van der Waals surface area contributed by atoms with Gasteiger partial charge in [0, 0.05) is 31.5 Å². The minimum Gasteiger partial charge on any atom is -0.423 e. The molecule has 1 amide bonds. The molecule has 0 saturated carbocycles. The zero-order valence-corrected chi connectivity index (χ0v) is 10.7. The molecule has 1 heterocycles. The van der Waals surface area contributed by atoms with Crippen molar-refractivity contribution in [1.29, 1.82) is 0 Å². The minimum absolute atomic E-state index is 0.0363. The summed E-state index contributed by atoms with van der Waals surface area (Å²) in [6.07, 6.45) is 0.786. The first kappa shape index (κ1) is 13.1. The number of carbonyl (C=O) groups is 1. The monoisotopic (exact) mass is 260 g/mol. The summed E-state index contributed by atoms with van der Waals surface area (Å²) in [5, 5.41) is 6.79. The van der Waals surface area contributed by atoms with Gasteiger partial charge in [0.1, 0.15) is 5.58 Å². The van der Waals surface area contributed by atoms with E-state index in [1.165, 1.54) is 13.0 Å². The van der Waals surface area contributed by atoms with Crippen LogP contribution in [0.3, 0.4) is 0 Å². The molecule has 0 aliphatic heterocycles. The first-order valence-electron chi connectivity index (χ1n) is 6.18. The van der Waals surface area contributed by atoms with Crippen LogP contribution in [0.4, 0.5) is 5.69 Å². The molecule has 1 aromatic carbocycles. The van der Waals surface area contributed by atoms with E-state index in [1.54, 1.807) is 6.07 Å². The number of hydrogen-bond donors (Lipinski definition) is 2.